The highest BCUT2D eigenvalue weighted by Crippen LogP contribution is 2.25. The van der Waals surface area contributed by atoms with E-state index in [1.54, 1.807) is 22.1 Å². The monoisotopic (exact) mass is 319 g/mol. The van der Waals surface area contributed by atoms with E-state index in [-0.39, 0.29) is 0 Å². The molecule has 1 aromatic heterocycles. The lowest BCUT2D eigenvalue weighted by atomic mass is 10.0. The molecule has 0 atom stereocenters. The van der Waals surface area contributed by atoms with Gasteiger partial charge in [-0.2, -0.15) is 9.40 Å². The first kappa shape index (κ1) is 15.2. The van der Waals surface area contributed by atoms with E-state index in [2.05, 4.69) is 12.0 Å². The van der Waals surface area contributed by atoms with Gasteiger partial charge in [0.25, 0.3) is 0 Å². The summed E-state index contributed by atoms with van der Waals surface area (Å²) >= 11 is 0. The molecule has 1 aliphatic heterocycles. The van der Waals surface area contributed by atoms with Crippen molar-refractivity contribution in [2.24, 2.45) is 5.92 Å². The van der Waals surface area contributed by atoms with Crippen LogP contribution in [-0.4, -0.2) is 35.6 Å². The zero-order valence-corrected chi connectivity index (χ0v) is 13.8. The molecule has 0 unspecified atom stereocenters. The van der Waals surface area contributed by atoms with Gasteiger partial charge in [0.05, 0.1) is 17.6 Å². The predicted octanol–water partition coefficient (Wildman–Crippen LogP) is 2.60. The van der Waals surface area contributed by atoms with Crippen LogP contribution in [0.25, 0.3) is 5.69 Å². The number of piperidine rings is 1. The van der Waals surface area contributed by atoms with Gasteiger partial charge < -0.3 is 0 Å². The van der Waals surface area contributed by atoms with E-state index < -0.39 is 10.0 Å². The van der Waals surface area contributed by atoms with Crippen LogP contribution in [0.4, 0.5) is 0 Å². The molecule has 6 heteroatoms. The second-order valence-electron chi connectivity index (χ2n) is 5.95. The maximum atomic E-state index is 12.8. The summed E-state index contributed by atoms with van der Waals surface area (Å²) < 4.78 is 28.9. The standard InChI is InChI=1S/C16H21N3O2S/c1-13-8-10-18(11-9-13)22(20,21)16-12-19(17-14(16)2)15-6-4-3-5-7-15/h3-7,12-13H,8-11H2,1-2H3. The Balaban J connectivity index is 1.93. The van der Waals surface area contributed by atoms with E-state index in [0.717, 1.165) is 18.5 Å². The summed E-state index contributed by atoms with van der Waals surface area (Å²) in [5.74, 6) is 0.597. The first-order chi connectivity index (χ1) is 10.5. The molecule has 2 heterocycles. The van der Waals surface area contributed by atoms with Gasteiger partial charge in [-0.15, -0.1) is 0 Å². The van der Waals surface area contributed by atoms with Crippen LogP contribution in [0.3, 0.4) is 0 Å². The van der Waals surface area contributed by atoms with Crippen molar-refractivity contribution in [2.75, 3.05) is 13.1 Å². The third kappa shape index (κ3) is 2.80. The van der Waals surface area contributed by atoms with Crippen molar-refractivity contribution in [3.63, 3.8) is 0 Å². The first-order valence-corrected chi connectivity index (χ1v) is 9.04. The number of aromatic nitrogens is 2. The molecule has 0 radical (unpaired) electrons. The molecular formula is C16H21N3O2S. The highest BCUT2D eigenvalue weighted by atomic mass is 32.2. The van der Waals surface area contributed by atoms with E-state index >= 15 is 0 Å². The lowest BCUT2D eigenvalue weighted by Gasteiger charge is -2.29. The fourth-order valence-corrected chi connectivity index (χ4v) is 4.39. The Morgan fingerprint density at radius 2 is 1.77 bits per heavy atom. The second kappa shape index (κ2) is 5.85. The molecule has 0 spiro atoms. The SMILES string of the molecule is Cc1nn(-c2ccccc2)cc1S(=O)(=O)N1CCC(C)CC1. The van der Waals surface area contributed by atoms with Gasteiger partial charge in [0.15, 0.2) is 0 Å². The second-order valence-corrected chi connectivity index (χ2v) is 7.85. The van der Waals surface area contributed by atoms with Crippen molar-refractivity contribution in [1.82, 2.24) is 14.1 Å². The molecule has 1 aromatic carbocycles. The Hall–Kier alpha value is -1.66. The molecule has 0 saturated carbocycles. The number of para-hydroxylation sites is 1. The Bertz CT molecular complexity index is 745. The first-order valence-electron chi connectivity index (χ1n) is 7.60. The maximum absolute atomic E-state index is 12.8. The number of hydrogen-bond acceptors (Lipinski definition) is 3. The zero-order chi connectivity index (χ0) is 15.7. The van der Waals surface area contributed by atoms with E-state index in [0.29, 0.717) is 29.6 Å². The van der Waals surface area contributed by atoms with Gasteiger partial charge in [-0.25, -0.2) is 13.1 Å². The molecule has 22 heavy (non-hydrogen) atoms. The minimum atomic E-state index is -3.45. The number of hydrogen-bond donors (Lipinski definition) is 0. The average molecular weight is 319 g/mol. The Labute approximate surface area is 131 Å². The number of rotatable bonds is 3. The van der Waals surface area contributed by atoms with Crippen LogP contribution in [-0.2, 0) is 10.0 Å². The molecule has 0 N–H and O–H groups in total. The van der Waals surface area contributed by atoms with Gasteiger partial charge in [0.2, 0.25) is 10.0 Å². The number of sulfonamides is 1. The minimum Gasteiger partial charge on any atom is -0.239 e. The summed E-state index contributed by atoms with van der Waals surface area (Å²) in [5.41, 5.74) is 1.40. The zero-order valence-electron chi connectivity index (χ0n) is 12.9. The topological polar surface area (TPSA) is 55.2 Å². The van der Waals surface area contributed by atoms with Crippen LogP contribution in [0.5, 0.6) is 0 Å². The third-order valence-corrected chi connectivity index (χ3v) is 6.24. The minimum absolute atomic E-state index is 0.311. The number of aryl methyl sites for hydroxylation is 1. The Morgan fingerprint density at radius 3 is 2.41 bits per heavy atom. The predicted molar refractivity (Wildman–Crippen MR) is 85.5 cm³/mol. The van der Waals surface area contributed by atoms with Crippen LogP contribution < -0.4 is 0 Å². The molecule has 1 aliphatic rings. The molecule has 0 amide bonds. The quantitative estimate of drug-likeness (QED) is 0.874. The largest absolute Gasteiger partial charge is 0.246 e. The molecular weight excluding hydrogens is 298 g/mol. The van der Waals surface area contributed by atoms with Crippen molar-refractivity contribution < 1.29 is 8.42 Å². The van der Waals surface area contributed by atoms with Crippen LogP contribution in [0.1, 0.15) is 25.5 Å². The van der Waals surface area contributed by atoms with Crippen molar-refractivity contribution in [1.29, 1.82) is 0 Å². The van der Waals surface area contributed by atoms with E-state index in [4.69, 9.17) is 0 Å². The summed E-state index contributed by atoms with van der Waals surface area (Å²) in [5, 5.41) is 4.37. The van der Waals surface area contributed by atoms with Crippen molar-refractivity contribution in [2.45, 2.75) is 31.6 Å². The Kier molecular flexibility index (Phi) is 4.06. The number of benzene rings is 1. The van der Waals surface area contributed by atoms with Gasteiger partial charge in [-0.1, -0.05) is 25.1 Å². The van der Waals surface area contributed by atoms with E-state index in [1.807, 2.05) is 30.3 Å². The van der Waals surface area contributed by atoms with Crippen molar-refractivity contribution >= 4 is 10.0 Å². The van der Waals surface area contributed by atoms with E-state index in [1.165, 1.54) is 0 Å². The van der Waals surface area contributed by atoms with Crippen LogP contribution >= 0.6 is 0 Å². The molecule has 3 rings (SSSR count). The van der Waals surface area contributed by atoms with E-state index in [9.17, 15) is 8.42 Å². The molecule has 0 bridgehead atoms. The van der Waals surface area contributed by atoms with Crippen LogP contribution in [0.15, 0.2) is 41.4 Å². The van der Waals surface area contributed by atoms with Gasteiger partial charge in [-0.05, 0) is 37.8 Å². The van der Waals surface area contributed by atoms with Gasteiger partial charge in [0.1, 0.15) is 4.90 Å². The van der Waals surface area contributed by atoms with Gasteiger partial charge >= 0.3 is 0 Å². The molecule has 2 aromatic rings. The van der Waals surface area contributed by atoms with Crippen molar-refractivity contribution in [3.8, 4) is 5.69 Å². The van der Waals surface area contributed by atoms with Crippen molar-refractivity contribution in [3.05, 3.63) is 42.2 Å². The normalized spacial score (nSPS) is 17.7. The fraction of sp³-hybridized carbons (Fsp3) is 0.438. The van der Waals surface area contributed by atoms with Crippen LogP contribution in [0.2, 0.25) is 0 Å². The molecule has 1 saturated heterocycles. The molecule has 0 aliphatic carbocycles. The van der Waals surface area contributed by atoms with Gasteiger partial charge in [0, 0.05) is 13.1 Å². The Morgan fingerprint density at radius 1 is 1.14 bits per heavy atom. The summed E-state index contributed by atoms with van der Waals surface area (Å²) in [6.45, 7) is 5.11. The smallest absolute Gasteiger partial charge is 0.239 e. The highest BCUT2D eigenvalue weighted by molar-refractivity contribution is 7.89. The molecule has 118 valence electrons. The summed E-state index contributed by atoms with van der Waals surface area (Å²) in [4.78, 5) is 0.311. The molecule has 1 fully saturated rings. The fourth-order valence-electron chi connectivity index (χ4n) is 2.77. The highest BCUT2D eigenvalue weighted by Gasteiger charge is 2.30. The lowest BCUT2D eigenvalue weighted by molar-refractivity contribution is 0.288. The van der Waals surface area contributed by atoms with Gasteiger partial charge in [-0.3, -0.25) is 0 Å². The average Bonchev–Trinajstić information content (AvgIpc) is 2.91. The lowest BCUT2D eigenvalue weighted by Crippen LogP contribution is -2.38. The van der Waals surface area contributed by atoms with Crippen LogP contribution in [0, 0.1) is 12.8 Å². The molecule has 5 nitrogen and oxygen atoms in total. The summed E-state index contributed by atoms with van der Waals surface area (Å²) in [6.07, 6.45) is 3.47. The third-order valence-electron chi connectivity index (χ3n) is 4.24. The summed E-state index contributed by atoms with van der Waals surface area (Å²) in [6, 6.07) is 9.56. The number of nitrogens with zero attached hydrogens (tertiary/aromatic N) is 3. The summed E-state index contributed by atoms with van der Waals surface area (Å²) in [7, 11) is -3.45. The maximum Gasteiger partial charge on any atom is 0.246 e.